The van der Waals surface area contributed by atoms with Crippen LogP contribution in [0, 0.1) is 29.1 Å². The monoisotopic (exact) mass is 523 g/mol. The average molecular weight is 524 g/mol. The topological polar surface area (TPSA) is 92.9 Å². The van der Waals surface area contributed by atoms with E-state index in [0.29, 0.717) is 36.5 Å². The van der Waals surface area contributed by atoms with Crippen molar-refractivity contribution in [3.05, 3.63) is 29.8 Å². The maximum Gasteiger partial charge on any atom is 0.246 e. The molecule has 7 nitrogen and oxygen atoms in total. The number of hydrogen-bond acceptors (Lipinski definition) is 6. The van der Waals surface area contributed by atoms with Crippen LogP contribution in [0.25, 0.3) is 0 Å². The summed E-state index contributed by atoms with van der Waals surface area (Å²) in [7, 11) is 1.61. The molecule has 4 saturated carbocycles. The molecule has 7 heteroatoms. The number of imide groups is 1. The van der Waals surface area contributed by atoms with E-state index in [9.17, 15) is 14.4 Å². The Labute approximate surface area is 227 Å². The van der Waals surface area contributed by atoms with E-state index in [1.165, 1.54) is 24.2 Å². The molecule has 1 saturated heterocycles. The molecule has 0 unspecified atom stereocenters. The number of Topliss-reactive ketones (excluding diaryl/α,β-unsaturated/α-hetero) is 1. The van der Waals surface area contributed by atoms with Crippen LogP contribution in [0.3, 0.4) is 0 Å². The Morgan fingerprint density at radius 1 is 1.08 bits per heavy atom. The summed E-state index contributed by atoms with van der Waals surface area (Å²) in [6, 6.07) is 6.23. The smallest absolute Gasteiger partial charge is 0.246 e. The van der Waals surface area contributed by atoms with Crippen molar-refractivity contribution >= 4 is 17.6 Å². The number of carbonyl (C=O) groups is 3. The minimum Gasteiger partial charge on any atom is -0.497 e. The van der Waals surface area contributed by atoms with Crippen molar-refractivity contribution in [3.8, 4) is 5.75 Å². The summed E-state index contributed by atoms with van der Waals surface area (Å²) in [5.41, 5.74) is 7.03. The number of ketones is 1. The molecule has 0 spiro atoms. The van der Waals surface area contributed by atoms with Crippen LogP contribution < -0.4 is 10.5 Å². The number of amides is 2. The van der Waals surface area contributed by atoms with Gasteiger partial charge in [0.1, 0.15) is 5.75 Å². The summed E-state index contributed by atoms with van der Waals surface area (Å²) in [5, 5.41) is 0. The molecule has 208 valence electrons. The predicted molar refractivity (Wildman–Crippen MR) is 146 cm³/mol. The molecule has 2 N–H and O–H groups in total. The van der Waals surface area contributed by atoms with Crippen molar-refractivity contribution in [3.63, 3.8) is 0 Å². The zero-order valence-corrected chi connectivity index (χ0v) is 23.4. The highest BCUT2D eigenvalue weighted by Gasteiger charge is 2.54. The van der Waals surface area contributed by atoms with Crippen LogP contribution in [0.2, 0.25) is 0 Å². The number of nitrogens with zero attached hydrogens (tertiary/aromatic N) is 2. The van der Waals surface area contributed by atoms with Crippen molar-refractivity contribution in [2.24, 2.45) is 34.8 Å². The van der Waals surface area contributed by atoms with E-state index in [1.807, 2.05) is 38.1 Å². The lowest BCUT2D eigenvalue weighted by Crippen LogP contribution is -2.56. The molecule has 4 bridgehead atoms. The summed E-state index contributed by atoms with van der Waals surface area (Å²) in [6.45, 7) is 5.16. The highest BCUT2D eigenvalue weighted by Crippen LogP contribution is 2.60. The fourth-order valence-electron chi connectivity index (χ4n) is 8.13. The van der Waals surface area contributed by atoms with Gasteiger partial charge in [0.15, 0.2) is 5.78 Å². The molecule has 2 amide bonds. The minimum atomic E-state index is -0.745. The van der Waals surface area contributed by atoms with E-state index < -0.39 is 12.1 Å². The second kappa shape index (κ2) is 11.1. The van der Waals surface area contributed by atoms with Crippen LogP contribution in [0.1, 0.15) is 77.2 Å². The van der Waals surface area contributed by atoms with Gasteiger partial charge in [0.05, 0.1) is 32.3 Å². The van der Waals surface area contributed by atoms with Gasteiger partial charge in [-0.25, -0.2) is 0 Å². The zero-order chi connectivity index (χ0) is 27.0. The van der Waals surface area contributed by atoms with E-state index in [-0.39, 0.29) is 29.7 Å². The first kappa shape index (κ1) is 27.3. The third kappa shape index (κ3) is 5.29. The Morgan fingerprint density at radius 2 is 1.68 bits per heavy atom. The van der Waals surface area contributed by atoms with Gasteiger partial charge < -0.3 is 10.5 Å². The Balaban J connectivity index is 1.33. The van der Waals surface area contributed by atoms with Gasteiger partial charge in [-0.05, 0) is 99.3 Å². The first-order chi connectivity index (χ1) is 18.2. The van der Waals surface area contributed by atoms with Crippen molar-refractivity contribution in [2.75, 3.05) is 20.2 Å². The molecule has 5 aliphatic rings. The fourth-order valence-corrected chi connectivity index (χ4v) is 8.13. The van der Waals surface area contributed by atoms with Crippen LogP contribution in [-0.4, -0.2) is 59.7 Å². The van der Waals surface area contributed by atoms with Gasteiger partial charge in [-0.2, -0.15) is 0 Å². The lowest BCUT2D eigenvalue weighted by molar-refractivity contribution is -0.151. The minimum absolute atomic E-state index is 0.0361. The van der Waals surface area contributed by atoms with Crippen LogP contribution >= 0.6 is 0 Å². The molecule has 0 radical (unpaired) electrons. The summed E-state index contributed by atoms with van der Waals surface area (Å²) in [4.78, 5) is 44.9. The maximum absolute atomic E-state index is 14.0. The average Bonchev–Trinajstić information content (AvgIpc) is 3.37. The van der Waals surface area contributed by atoms with Crippen LogP contribution in [0.15, 0.2) is 24.3 Å². The Hall–Kier alpha value is -2.25. The standard InChI is InChI=1S/C31H45N3O4/c1-4-20(2)28(32)30(37)34(18-21-7-9-25(38-3)10-8-21)29(36)26-6-5-11-33(26)19-27(35)31-15-22-12-23(16-31)14-24(13-22)17-31/h7-10,20,22-24,26,28H,4-6,11-19,32H2,1-3H3/t20-,22?,23?,24?,26-,28-,31?/m0/s1. The molecule has 38 heavy (non-hydrogen) atoms. The Morgan fingerprint density at radius 3 is 2.24 bits per heavy atom. The Kier molecular flexibility index (Phi) is 7.97. The van der Waals surface area contributed by atoms with E-state index in [1.54, 1.807) is 7.11 Å². The zero-order valence-electron chi connectivity index (χ0n) is 23.4. The van der Waals surface area contributed by atoms with Crippen molar-refractivity contribution < 1.29 is 19.1 Å². The highest BCUT2D eigenvalue weighted by atomic mass is 16.5. The number of methoxy groups -OCH3 is 1. The summed E-state index contributed by atoms with van der Waals surface area (Å²) < 4.78 is 5.27. The third-order valence-electron chi connectivity index (χ3n) is 10.2. The molecule has 0 aromatic heterocycles. The molecular formula is C31H45N3O4. The van der Waals surface area contributed by atoms with Gasteiger partial charge in [0.2, 0.25) is 11.8 Å². The normalized spacial score (nSPS) is 31.7. The highest BCUT2D eigenvalue weighted by molar-refractivity contribution is 6.00. The Bertz CT molecular complexity index is 1000. The lowest BCUT2D eigenvalue weighted by atomic mass is 9.48. The molecule has 1 aromatic carbocycles. The van der Waals surface area contributed by atoms with Gasteiger partial charge in [-0.3, -0.25) is 24.2 Å². The summed E-state index contributed by atoms with van der Waals surface area (Å²) >= 11 is 0. The molecular weight excluding hydrogens is 478 g/mol. The van der Waals surface area contributed by atoms with E-state index in [0.717, 1.165) is 50.0 Å². The van der Waals surface area contributed by atoms with Gasteiger partial charge in [-0.15, -0.1) is 0 Å². The first-order valence-electron chi connectivity index (χ1n) is 14.7. The predicted octanol–water partition coefficient (Wildman–Crippen LogP) is 4.17. The molecule has 1 heterocycles. The summed E-state index contributed by atoms with van der Waals surface area (Å²) in [5.74, 6) is 2.59. The quantitative estimate of drug-likeness (QED) is 0.495. The number of carbonyl (C=O) groups excluding carboxylic acids is 3. The van der Waals surface area contributed by atoms with E-state index >= 15 is 0 Å². The molecule has 4 aliphatic carbocycles. The van der Waals surface area contributed by atoms with Crippen molar-refractivity contribution in [2.45, 2.75) is 90.3 Å². The largest absolute Gasteiger partial charge is 0.497 e. The fraction of sp³-hybridized carbons (Fsp3) is 0.710. The van der Waals surface area contributed by atoms with Gasteiger partial charge in [-0.1, -0.05) is 32.4 Å². The van der Waals surface area contributed by atoms with Gasteiger partial charge >= 0.3 is 0 Å². The molecule has 1 aliphatic heterocycles. The lowest BCUT2D eigenvalue weighted by Gasteiger charge is -2.56. The van der Waals surface area contributed by atoms with Crippen LogP contribution in [-0.2, 0) is 20.9 Å². The van der Waals surface area contributed by atoms with Crippen molar-refractivity contribution in [1.29, 1.82) is 0 Å². The number of rotatable bonds is 10. The van der Waals surface area contributed by atoms with E-state index in [4.69, 9.17) is 10.5 Å². The second-order valence-electron chi connectivity index (χ2n) is 12.8. The SMILES string of the molecule is CC[C@H](C)[C@H](N)C(=O)N(Cc1ccc(OC)cc1)C(=O)[C@@H]1CCCN1CC(=O)C12CC3CC(CC(C3)C1)C2. The number of nitrogens with two attached hydrogens (primary N) is 1. The number of likely N-dealkylation sites (tertiary alicyclic amines) is 1. The molecule has 3 atom stereocenters. The molecule has 5 fully saturated rings. The number of hydrogen-bond donors (Lipinski definition) is 1. The number of ether oxygens (including phenoxy) is 1. The second-order valence-corrected chi connectivity index (χ2v) is 12.8. The van der Waals surface area contributed by atoms with Crippen LogP contribution in [0.4, 0.5) is 0 Å². The maximum atomic E-state index is 14.0. The third-order valence-corrected chi connectivity index (χ3v) is 10.2. The first-order valence-corrected chi connectivity index (χ1v) is 14.7. The number of benzene rings is 1. The van der Waals surface area contributed by atoms with Crippen LogP contribution in [0.5, 0.6) is 5.75 Å². The summed E-state index contributed by atoms with van der Waals surface area (Å²) in [6.07, 6.45) is 9.29. The van der Waals surface area contributed by atoms with Gasteiger partial charge in [0, 0.05) is 5.41 Å². The van der Waals surface area contributed by atoms with E-state index in [2.05, 4.69) is 4.90 Å². The molecule has 1 aromatic rings. The molecule has 6 rings (SSSR count). The van der Waals surface area contributed by atoms with Gasteiger partial charge in [0.25, 0.3) is 0 Å². The van der Waals surface area contributed by atoms with Crippen molar-refractivity contribution in [1.82, 2.24) is 9.80 Å².